The van der Waals surface area contributed by atoms with E-state index >= 15 is 0 Å². The number of carboxylic acids is 1. The molecular weight excluding hydrogens is 256 g/mol. The monoisotopic (exact) mass is 276 g/mol. The Bertz CT molecular complexity index is 498. The molecule has 1 saturated carbocycles. The summed E-state index contributed by atoms with van der Waals surface area (Å²) in [7, 11) is 1.79. The Morgan fingerprint density at radius 3 is 2.45 bits per heavy atom. The number of urea groups is 1. The third kappa shape index (κ3) is 3.98. The maximum atomic E-state index is 12.0. The third-order valence-corrected chi connectivity index (χ3v) is 3.69. The van der Waals surface area contributed by atoms with Gasteiger partial charge < -0.3 is 15.3 Å². The first kappa shape index (κ1) is 14.4. The van der Waals surface area contributed by atoms with Gasteiger partial charge >= 0.3 is 12.0 Å². The van der Waals surface area contributed by atoms with Gasteiger partial charge in [0.1, 0.15) is 0 Å². The van der Waals surface area contributed by atoms with E-state index in [0.29, 0.717) is 11.6 Å². The van der Waals surface area contributed by atoms with Crippen molar-refractivity contribution in [1.29, 1.82) is 0 Å². The molecular formula is C15H20N2O3. The summed E-state index contributed by atoms with van der Waals surface area (Å²) in [4.78, 5) is 24.2. The smallest absolute Gasteiger partial charge is 0.321 e. The summed E-state index contributed by atoms with van der Waals surface area (Å²) in [6, 6.07) is 6.75. The second kappa shape index (κ2) is 5.94. The van der Waals surface area contributed by atoms with Crippen LogP contribution in [0, 0.1) is 11.8 Å². The molecule has 2 amide bonds. The van der Waals surface area contributed by atoms with Crippen LogP contribution in [0.3, 0.4) is 0 Å². The van der Waals surface area contributed by atoms with Crippen molar-refractivity contribution in [3.05, 3.63) is 29.8 Å². The van der Waals surface area contributed by atoms with Crippen LogP contribution in [0.1, 0.15) is 18.9 Å². The number of rotatable bonds is 5. The van der Waals surface area contributed by atoms with Gasteiger partial charge in [0.05, 0.1) is 6.42 Å². The van der Waals surface area contributed by atoms with E-state index in [1.165, 1.54) is 6.42 Å². The molecule has 0 saturated heterocycles. The van der Waals surface area contributed by atoms with Gasteiger partial charge in [0, 0.05) is 19.3 Å². The van der Waals surface area contributed by atoms with Gasteiger partial charge in [-0.15, -0.1) is 0 Å². The summed E-state index contributed by atoms with van der Waals surface area (Å²) in [5.74, 6) is 0.490. The normalized spacial score (nSPS) is 20.3. The fraction of sp³-hybridized carbons (Fsp3) is 0.467. The van der Waals surface area contributed by atoms with Gasteiger partial charge in [-0.1, -0.05) is 19.1 Å². The highest BCUT2D eigenvalue weighted by atomic mass is 16.4. The van der Waals surface area contributed by atoms with E-state index in [-0.39, 0.29) is 12.5 Å². The van der Waals surface area contributed by atoms with E-state index in [1.54, 1.807) is 36.2 Å². The van der Waals surface area contributed by atoms with Crippen LogP contribution in [-0.2, 0) is 11.2 Å². The van der Waals surface area contributed by atoms with Gasteiger partial charge in [0.15, 0.2) is 0 Å². The Morgan fingerprint density at radius 2 is 1.95 bits per heavy atom. The Labute approximate surface area is 118 Å². The van der Waals surface area contributed by atoms with Crippen molar-refractivity contribution in [3.8, 4) is 0 Å². The lowest BCUT2D eigenvalue weighted by Gasteiger charge is -2.18. The molecule has 5 nitrogen and oxygen atoms in total. The average molecular weight is 276 g/mol. The van der Waals surface area contributed by atoms with Crippen LogP contribution in [0.2, 0.25) is 0 Å². The summed E-state index contributed by atoms with van der Waals surface area (Å²) in [5, 5.41) is 11.5. The number of benzene rings is 1. The zero-order valence-electron chi connectivity index (χ0n) is 11.8. The maximum absolute atomic E-state index is 12.0. The van der Waals surface area contributed by atoms with Crippen LogP contribution in [-0.4, -0.2) is 35.6 Å². The van der Waals surface area contributed by atoms with Gasteiger partial charge in [-0.3, -0.25) is 4.79 Å². The molecule has 2 atom stereocenters. The molecule has 2 N–H and O–H groups in total. The Kier molecular flexibility index (Phi) is 4.27. The Morgan fingerprint density at radius 1 is 1.35 bits per heavy atom. The van der Waals surface area contributed by atoms with Crippen molar-refractivity contribution in [2.75, 3.05) is 18.9 Å². The molecule has 1 fully saturated rings. The van der Waals surface area contributed by atoms with Crippen molar-refractivity contribution in [2.24, 2.45) is 11.8 Å². The maximum Gasteiger partial charge on any atom is 0.321 e. The van der Waals surface area contributed by atoms with Gasteiger partial charge in [0.25, 0.3) is 0 Å². The van der Waals surface area contributed by atoms with Crippen LogP contribution in [0.4, 0.5) is 10.5 Å². The average Bonchev–Trinajstić information content (AvgIpc) is 3.06. The van der Waals surface area contributed by atoms with Gasteiger partial charge in [0.2, 0.25) is 0 Å². The van der Waals surface area contributed by atoms with Gasteiger partial charge in [-0.2, -0.15) is 0 Å². The largest absolute Gasteiger partial charge is 0.481 e. The minimum absolute atomic E-state index is 0.00625. The second-order valence-corrected chi connectivity index (χ2v) is 5.55. The van der Waals surface area contributed by atoms with E-state index in [4.69, 9.17) is 5.11 Å². The molecule has 20 heavy (non-hydrogen) atoms. The van der Waals surface area contributed by atoms with Crippen molar-refractivity contribution in [3.63, 3.8) is 0 Å². The van der Waals surface area contributed by atoms with Crippen LogP contribution < -0.4 is 5.32 Å². The van der Waals surface area contributed by atoms with Crippen molar-refractivity contribution in [1.82, 2.24) is 4.90 Å². The zero-order chi connectivity index (χ0) is 14.7. The molecule has 1 aromatic rings. The highest BCUT2D eigenvalue weighted by Crippen LogP contribution is 2.37. The summed E-state index contributed by atoms with van der Waals surface area (Å²) < 4.78 is 0. The van der Waals surface area contributed by atoms with Crippen LogP contribution in [0.25, 0.3) is 0 Å². The van der Waals surface area contributed by atoms with E-state index in [2.05, 4.69) is 12.2 Å². The fourth-order valence-electron chi connectivity index (χ4n) is 2.19. The number of amides is 2. The third-order valence-electron chi connectivity index (χ3n) is 3.69. The second-order valence-electron chi connectivity index (χ2n) is 5.55. The molecule has 0 aliphatic heterocycles. The molecule has 5 heteroatoms. The molecule has 1 aromatic carbocycles. The lowest BCUT2D eigenvalue weighted by atomic mass is 10.1. The number of carbonyl (C=O) groups is 2. The molecule has 108 valence electrons. The number of anilines is 1. The summed E-state index contributed by atoms with van der Waals surface area (Å²) in [6.07, 6.45) is 1.19. The molecule has 0 radical (unpaired) electrons. The summed E-state index contributed by atoms with van der Waals surface area (Å²) >= 11 is 0. The SMILES string of the molecule is CC1CC1CN(C)C(=O)Nc1ccc(CC(=O)O)cc1. The molecule has 0 heterocycles. The Balaban J connectivity index is 1.85. The van der Waals surface area contributed by atoms with E-state index in [9.17, 15) is 9.59 Å². The Hall–Kier alpha value is -2.04. The predicted molar refractivity (Wildman–Crippen MR) is 76.7 cm³/mol. The van der Waals surface area contributed by atoms with E-state index in [0.717, 1.165) is 18.0 Å². The van der Waals surface area contributed by atoms with Crippen LogP contribution >= 0.6 is 0 Å². The van der Waals surface area contributed by atoms with Crippen LogP contribution in [0.5, 0.6) is 0 Å². The lowest BCUT2D eigenvalue weighted by Crippen LogP contribution is -2.33. The quantitative estimate of drug-likeness (QED) is 0.867. The number of aliphatic carboxylic acids is 1. The molecule has 2 rings (SSSR count). The zero-order valence-corrected chi connectivity index (χ0v) is 11.8. The number of hydrogen-bond donors (Lipinski definition) is 2. The molecule has 2 unspecified atom stereocenters. The first-order valence-electron chi connectivity index (χ1n) is 6.78. The highest BCUT2D eigenvalue weighted by Gasteiger charge is 2.34. The first-order chi connectivity index (χ1) is 9.45. The molecule has 1 aliphatic rings. The summed E-state index contributed by atoms with van der Waals surface area (Å²) in [6.45, 7) is 2.97. The fourth-order valence-corrected chi connectivity index (χ4v) is 2.19. The summed E-state index contributed by atoms with van der Waals surface area (Å²) in [5.41, 5.74) is 1.40. The topological polar surface area (TPSA) is 69.6 Å². The van der Waals surface area contributed by atoms with Crippen molar-refractivity contribution >= 4 is 17.7 Å². The van der Waals surface area contributed by atoms with Gasteiger partial charge in [-0.25, -0.2) is 4.79 Å². The van der Waals surface area contributed by atoms with Crippen molar-refractivity contribution in [2.45, 2.75) is 19.8 Å². The molecule has 1 aliphatic carbocycles. The van der Waals surface area contributed by atoms with E-state index in [1.807, 2.05) is 0 Å². The van der Waals surface area contributed by atoms with Crippen LogP contribution in [0.15, 0.2) is 24.3 Å². The first-order valence-corrected chi connectivity index (χ1v) is 6.78. The predicted octanol–water partition coefficient (Wildman–Crippen LogP) is 2.43. The minimum atomic E-state index is -0.861. The number of nitrogens with zero attached hydrogens (tertiary/aromatic N) is 1. The molecule has 0 bridgehead atoms. The number of carbonyl (C=O) groups excluding carboxylic acids is 1. The molecule has 0 spiro atoms. The number of hydrogen-bond acceptors (Lipinski definition) is 2. The van der Waals surface area contributed by atoms with Crippen molar-refractivity contribution < 1.29 is 14.7 Å². The number of carboxylic acid groups (broad SMARTS) is 1. The highest BCUT2D eigenvalue weighted by molar-refractivity contribution is 5.89. The molecule has 0 aromatic heterocycles. The van der Waals surface area contributed by atoms with E-state index < -0.39 is 5.97 Å². The van der Waals surface area contributed by atoms with Gasteiger partial charge in [-0.05, 0) is 36.0 Å². The number of nitrogens with one attached hydrogen (secondary N) is 1. The minimum Gasteiger partial charge on any atom is -0.481 e. The standard InChI is InChI=1S/C15H20N2O3/c1-10-7-12(10)9-17(2)15(20)16-13-5-3-11(4-6-13)8-14(18)19/h3-6,10,12H,7-9H2,1-2H3,(H,16,20)(H,18,19). The lowest BCUT2D eigenvalue weighted by molar-refractivity contribution is -0.136.